The lowest BCUT2D eigenvalue weighted by Gasteiger charge is -2.10. The number of sulfonamides is 1. The summed E-state index contributed by atoms with van der Waals surface area (Å²) in [6, 6.07) is 0.465. The lowest BCUT2D eigenvalue weighted by molar-refractivity contribution is 0.146. The van der Waals surface area contributed by atoms with Crippen molar-refractivity contribution in [3.63, 3.8) is 0 Å². The standard InChI is InChI=1S/C7H8F2N2O4S/c1-15-7-5(16(10,13)14)3(6(8)9)2-4(12)11-7/h2,6H,1H3,(H,11,12)(H2,10,13,14). The van der Waals surface area contributed by atoms with Crippen molar-refractivity contribution >= 4 is 10.0 Å². The SMILES string of the molecule is COc1[nH]c(=O)cc(C(F)F)c1S(N)(=O)=O. The molecule has 0 unspecified atom stereocenters. The minimum Gasteiger partial charge on any atom is -0.481 e. The van der Waals surface area contributed by atoms with Crippen LogP contribution in [0.1, 0.15) is 12.0 Å². The summed E-state index contributed by atoms with van der Waals surface area (Å²) in [5.74, 6) is -0.606. The first-order valence-corrected chi connectivity index (χ1v) is 5.44. The van der Waals surface area contributed by atoms with Crippen LogP contribution >= 0.6 is 0 Å². The molecule has 0 fully saturated rings. The molecule has 3 N–H and O–H groups in total. The Morgan fingerprint density at radius 3 is 2.44 bits per heavy atom. The Hall–Kier alpha value is -1.48. The molecule has 0 amide bonds. The van der Waals surface area contributed by atoms with Gasteiger partial charge < -0.3 is 4.74 Å². The van der Waals surface area contributed by atoms with E-state index < -0.39 is 38.3 Å². The number of pyridine rings is 1. The summed E-state index contributed by atoms with van der Waals surface area (Å²) in [5.41, 5.74) is -1.89. The van der Waals surface area contributed by atoms with E-state index >= 15 is 0 Å². The van der Waals surface area contributed by atoms with Gasteiger partial charge in [0.05, 0.1) is 7.11 Å². The van der Waals surface area contributed by atoms with Crippen LogP contribution < -0.4 is 15.4 Å². The number of nitrogens with one attached hydrogen (secondary N) is 1. The fourth-order valence-electron chi connectivity index (χ4n) is 1.14. The number of hydrogen-bond donors (Lipinski definition) is 2. The van der Waals surface area contributed by atoms with Crippen molar-refractivity contribution in [1.82, 2.24) is 4.98 Å². The van der Waals surface area contributed by atoms with Gasteiger partial charge in [0.1, 0.15) is 0 Å². The number of alkyl halides is 2. The molecule has 0 saturated carbocycles. The molecule has 9 heteroatoms. The van der Waals surface area contributed by atoms with Crippen molar-refractivity contribution < 1.29 is 21.9 Å². The van der Waals surface area contributed by atoms with Gasteiger partial charge in [0.15, 0.2) is 4.90 Å². The molecular weight excluding hydrogens is 246 g/mol. The maximum atomic E-state index is 12.5. The summed E-state index contributed by atoms with van der Waals surface area (Å²) >= 11 is 0. The molecule has 1 aromatic heterocycles. The molecule has 0 bridgehead atoms. The smallest absolute Gasteiger partial charge is 0.265 e. The number of rotatable bonds is 3. The van der Waals surface area contributed by atoms with Gasteiger partial charge in [-0.25, -0.2) is 22.3 Å². The molecule has 0 spiro atoms. The monoisotopic (exact) mass is 254 g/mol. The zero-order chi connectivity index (χ0) is 12.5. The highest BCUT2D eigenvalue weighted by atomic mass is 32.2. The lowest BCUT2D eigenvalue weighted by Crippen LogP contribution is -2.20. The fourth-order valence-corrected chi connectivity index (χ4v) is 2.01. The fraction of sp³-hybridized carbons (Fsp3) is 0.286. The average molecular weight is 254 g/mol. The van der Waals surface area contributed by atoms with E-state index in [-0.39, 0.29) is 0 Å². The van der Waals surface area contributed by atoms with Crippen LogP contribution in [0.25, 0.3) is 0 Å². The average Bonchev–Trinajstić information content (AvgIpc) is 2.14. The molecule has 0 radical (unpaired) electrons. The third-order valence-electron chi connectivity index (χ3n) is 1.72. The summed E-state index contributed by atoms with van der Waals surface area (Å²) < 4.78 is 51.7. The van der Waals surface area contributed by atoms with Crippen LogP contribution in [0.5, 0.6) is 5.88 Å². The highest BCUT2D eigenvalue weighted by molar-refractivity contribution is 7.89. The molecule has 0 aromatic carbocycles. The Balaban J connectivity index is 3.72. The lowest BCUT2D eigenvalue weighted by atomic mass is 10.3. The van der Waals surface area contributed by atoms with Crippen molar-refractivity contribution in [1.29, 1.82) is 0 Å². The molecule has 0 aliphatic carbocycles. The largest absolute Gasteiger partial charge is 0.481 e. The van der Waals surface area contributed by atoms with Crippen molar-refractivity contribution in [2.45, 2.75) is 11.3 Å². The number of hydrogen-bond acceptors (Lipinski definition) is 4. The molecule has 0 atom stereocenters. The Morgan fingerprint density at radius 2 is 2.06 bits per heavy atom. The van der Waals surface area contributed by atoms with Crippen LogP contribution in [0.2, 0.25) is 0 Å². The Morgan fingerprint density at radius 1 is 1.50 bits per heavy atom. The zero-order valence-corrected chi connectivity index (χ0v) is 8.85. The predicted molar refractivity (Wildman–Crippen MR) is 49.9 cm³/mol. The molecule has 90 valence electrons. The number of ether oxygens (including phenoxy) is 1. The van der Waals surface area contributed by atoms with Gasteiger partial charge in [-0.2, -0.15) is 0 Å². The number of nitrogens with two attached hydrogens (primary N) is 1. The van der Waals surface area contributed by atoms with Crippen LogP contribution in [-0.2, 0) is 10.0 Å². The highest BCUT2D eigenvalue weighted by Gasteiger charge is 2.26. The number of methoxy groups -OCH3 is 1. The Kier molecular flexibility index (Phi) is 3.29. The quantitative estimate of drug-likeness (QED) is 0.790. The van der Waals surface area contributed by atoms with E-state index in [0.717, 1.165) is 7.11 Å². The minimum absolute atomic E-state index is 0.465. The van der Waals surface area contributed by atoms with Crippen LogP contribution in [0.15, 0.2) is 15.8 Å². The van der Waals surface area contributed by atoms with E-state index in [1.807, 2.05) is 4.98 Å². The van der Waals surface area contributed by atoms with Gasteiger partial charge in [-0.3, -0.25) is 9.78 Å². The Bertz CT molecular complexity index is 552. The van der Waals surface area contributed by atoms with Gasteiger partial charge in [-0.1, -0.05) is 0 Å². The Labute approximate surface area is 89.1 Å². The van der Waals surface area contributed by atoms with Gasteiger partial charge in [-0.15, -0.1) is 0 Å². The van der Waals surface area contributed by atoms with E-state index in [9.17, 15) is 22.0 Å². The summed E-state index contributed by atoms with van der Waals surface area (Å²) in [5, 5.41) is 4.76. The first-order valence-electron chi connectivity index (χ1n) is 3.89. The molecule has 0 aliphatic rings. The summed E-state index contributed by atoms with van der Waals surface area (Å²) in [4.78, 5) is 12.0. The van der Waals surface area contributed by atoms with Crippen LogP contribution in [-0.4, -0.2) is 20.5 Å². The second-order valence-corrected chi connectivity index (χ2v) is 4.30. The third kappa shape index (κ3) is 2.36. The molecule has 1 aromatic rings. The van der Waals surface area contributed by atoms with Crippen LogP contribution in [0, 0.1) is 0 Å². The van der Waals surface area contributed by atoms with E-state index in [2.05, 4.69) is 4.74 Å². The van der Waals surface area contributed by atoms with Crippen molar-refractivity contribution in [2.24, 2.45) is 5.14 Å². The number of halogens is 2. The molecule has 16 heavy (non-hydrogen) atoms. The molecule has 6 nitrogen and oxygen atoms in total. The van der Waals surface area contributed by atoms with E-state index in [1.165, 1.54) is 0 Å². The first kappa shape index (κ1) is 12.6. The topological polar surface area (TPSA) is 102 Å². The van der Waals surface area contributed by atoms with Gasteiger partial charge in [0.2, 0.25) is 15.9 Å². The summed E-state index contributed by atoms with van der Waals surface area (Å²) in [6.07, 6.45) is -3.15. The van der Waals surface area contributed by atoms with Crippen molar-refractivity contribution in [2.75, 3.05) is 7.11 Å². The minimum atomic E-state index is -4.41. The summed E-state index contributed by atoms with van der Waals surface area (Å²) in [6.45, 7) is 0. The van der Waals surface area contributed by atoms with E-state index in [1.54, 1.807) is 0 Å². The van der Waals surface area contributed by atoms with Gasteiger partial charge in [0.25, 0.3) is 12.0 Å². The summed E-state index contributed by atoms with van der Waals surface area (Å²) in [7, 11) is -3.39. The zero-order valence-electron chi connectivity index (χ0n) is 8.03. The van der Waals surface area contributed by atoms with Crippen LogP contribution in [0.3, 0.4) is 0 Å². The van der Waals surface area contributed by atoms with Crippen LogP contribution in [0.4, 0.5) is 8.78 Å². The highest BCUT2D eigenvalue weighted by Crippen LogP contribution is 2.29. The van der Waals surface area contributed by atoms with Gasteiger partial charge >= 0.3 is 0 Å². The number of H-pyrrole nitrogens is 1. The molecule has 0 saturated heterocycles. The molecule has 0 aliphatic heterocycles. The third-order valence-corrected chi connectivity index (χ3v) is 2.71. The first-order chi connectivity index (χ1) is 7.27. The van der Waals surface area contributed by atoms with Gasteiger partial charge in [0, 0.05) is 11.6 Å². The maximum Gasteiger partial charge on any atom is 0.265 e. The number of primary sulfonamides is 1. The second kappa shape index (κ2) is 4.18. The van der Waals surface area contributed by atoms with Gasteiger partial charge in [-0.05, 0) is 0 Å². The number of aromatic nitrogens is 1. The molecule has 1 rings (SSSR count). The number of aromatic amines is 1. The van der Waals surface area contributed by atoms with E-state index in [0.29, 0.717) is 6.07 Å². The molecule has 1 heterocycles. The van der Waals surface area contributed by atoms with E-state index in [4.69, 9.17) is 5.14 Å². The van der Waals surface area contributed by atoms with Crippen molar-refractivity contribution in [3.8, 4) is 5.88 Å². The molecular formula is C7H8F2N2O4S. The normalized spacial score (nSPS) is 11.8. The second-order valence-electron chi connectivity index (χ2n) is 2.80. The van der Waals surface area contributed by atoms with Crippen molar-refractivity contribution in [3.05, 3.63) is 22.0 Å². The predicted octanol–water partition coefficient (Wildman–Crippen LogP) is -0.0315. The maximum absolute atomic E-state index is 12.5.